The third-order valence-corrected chi connectivity index (χ3v) is 3.49. The van der Waals surface area contributed by atoms with Crippen LogP contribution in [0.15, 0.2) is 54.7 Å². The van der Waals surface area contributed by atoms with E-state index in [9.17, 15) is 5.11 Å². The Morgan fingerprint density at radius 3 is 2.75 bits per heavy atom. The molecule has 0 spiro atoms. The van der Waals surface area contributed by atoms with Gasteiger partial charge in [-0.15, -0.1) is 0 Å². The number of H-pyrrole nitrogens is 1. The molecule has 3 aromatic rings. The van der Waals surface area contributed by atoms with Crippen LogP contribution in [0.3, 0.4) is 0 Å². The summed E-state index contributed by atoms with van der Waals surface area (Å²) in [6, 6.07) is 15.8. The molecule has 0 bridgehead atoms. The van der Waals surface area contributed by atoms with Crippen LogP contribution in [0.2, 0.25) is 0 Å². The van der Waals surface area contributed by atoms with Crippen molar-refractivity contribution in [2.24, 2.45) is 0 Å². The highest BCUT2D eigenvalue weighted by molar-refractivity contribution is 5.84. The van der Waals surface area contributed by atoms with E-state index in [0.717, 1.165) is 30.4 Å². The number of hydrogen-bond donors (Lipinski definition) is 3. The highest BCUT2D eigenvalue weighted by Crippen LogP contribution is 2.22. The number of aromatic nitrogens is 1. The molecule has 0 radical (unpaired) electrons. The predicted octanol–water partition coefficient (Wildman–Crippen LogP) is 3.21. The minimum Gasteiger partial charge on any atom is -0.508 e. The average molecular weight is 266 g/mol. The van der Waals surface area contributed by atoms with Gasteiger partial charge in [0, 0.05) is 23.6 Å². The first kappa shape index (κ1) is 12.8. The maximum atomic E-state index is 9.56. The molecule has 0 saturated carbocycles. The molecule has 0 fully saturated rings. The largest absolute Gasteiger partial charge is 0.508 e. The summed E-state index contributed by atoms with van der Waals surface area (Å²) in [5, 5.41) is 14.1. The first-order valence-corrected chi connectivity index (χ1v) is 6.86. The molecule has 0 unspecified atom stereocenters. The van der Waals surface area contributed by atoms with Crippen molar-refractivity contribution in [1.82, 2.24) is 10.3 Å². The van der Waals surface area contributed by atoms with Crippen LogP contribution in [0.5, 0.6) is 5.75 Å². The van der Waals surface area contributed by atoms with Crippen LogP contribution in [0.1, 0.15) is 11.1 Å². The van der Waals surface area contributed by atoms with Gasteiger partial charge in [-0.3, -0.25) is 0 Å². The summed E-state index contributed by atoms with van der Waals surface area (Å²) in [5.41, 5.74) is 3.60. The molecular formula is C17H18N2O. The van der Waals surface area contributed by atoms with Gasteiger partial charge in [0.25, 0.3) is 0 Å². The van der Waals surface area contributed by atoms with Crippen LogP contribution in [-0.2, 0) is 13.0 Å². The van der Waals surface area contributed by atoms with Gasteiger partial charge in [0.15, 0.2) is 0 Å². The van der Waals surface area contributed by atoms with Crippen molar-refractivity contribution >= 4 is 10.9 Å². The van der Waals surface area contributed by atoms with Gasteiger partial charge in [0.1, 0.15) is 5.75 Å². The molecule has 2 aromatic carbocycles. The molecular weight excluding hydrogens is 248 g/mol. The third kappa shape index (κ3) is 2.83. The minimum absolute atomic E-state index is 0.315. The van der Waals surface area contributed by atoms with Crippen molar-refractivity contribution in [3.05, 3.63) is 65.9 Å². The fourth-order valence-electron chi connectivity index (χ4n) is 2.42. The van der Waals surface area contributed by atoms with Gasteiger partial charge in [0.05, 0.1) is 0 Å². The zero-order valence-corrected chi connectivity index (χ0v) is 11.3. The lowest BCUT2D eigenvalue weighted by molar-refractivity contribution is 0.476. The maximum Gasteiger partial charge on any atom is 0.116 e. The predicted molar refractivity (Wildman–Crippen MR) is 81.8 cm³/mol. The van der Waals surface area contributed by atoms with Crippen LogP contribution in [0, 0.1) is 0 Å². The first-order valence-electron chi connectivity index (χ1n) is 6.86. The minimum atomic E-state index is 0.315. The van der Waals surface area contributed by atoms with Gasteiger partial charge in [-0.2, -0.15) is 0 Å². The van der Waals surface area contributed by atoms with Gasteiger partial charge >= 0.3 is 0 Å². The molecule has 3 N–H and O–H groups in total. The standard InChI is InChI=1S/C17H18N2O/c20-15-6-7-17-16(10-15)14(12-19-17)8-9-18-11-13-4-2-1-3-5-13/h1-7,10,12,18-20H,8-9,11H2. The maximum absolute atomic E-state index is 9.56. The van der Waals surface area contributed by atoms with Crippen LogP contribution in [0.25, 0.3) is 10.9 Å². The van der Waals surface area contributed by atoms with Gasteiger partial charge in [-0.25, -0.2) is 0 Å². The van der Waals surface area contributed by atoms with E-state index in [1.165, 1.54) is 11.1 Å². The number of hydrogen-bond acceptors (Lipinski definition) is 2. The molecule has 20 heavy (non-hydrogen) atoms. The number of rotatable bonds is 5. The van der Waals surface area contributed by atoms with Gasteiger partial charge in [-0.1, -0.05) is 30.3 Å². The summed E-state index contributed by atoms with van der Waals surface area (Å²) in [5.74, 6) is 0.315. The number of benzene rings is 2. The highest BCUT2D eigenvalue weighted by Gasteiger charge is 2.04. The van der Waals surface area contributed by atoms with Crippen molar-refractivity contribution in [1.29, 1.82) is 0 Å². The van der Waals surface area contributed by atoms with Crippen molar-refractivity contribution in [2.45, 2.75) is 13.0 Å². The Morgan fingerprint density at radius 1 is 1.05 bits per heavy atom. The Balaban J connectivity index is 1.59. The Morgan fingerprint density at radius 2 is 1.90 bits per heavy atom. The first-order chi connectivity index (χ1) is 9.83. The lowest BCUT2D eigenvalue weighted by atomic mass is 10.1. The summed E-state index contributed by atoms with van der Waals surface area (Å²) in [6.07, 6.45) is 2.96. The second kappa shape index (κ2) is 5.80. The molecule has 3 rings (SSSR count). The van der Waals surface area contributed by atoms with E-state index in [0.29, 0.717) is 5.75 Å². The summed E-state index contributed by atoms with van der Waals surface area (Å²) in [6.45, 7) is 1.80. The number of phenolic OH excluding ortho intramolecular Hbond substituents is 1. The summed E-state index contributed by atoms with van der Waals surface area (Å²) in [4.78, 5) is 3.24. The quantitative estimate of drug-likeness (QED) is 0.621. The number of aromatic hydroxyl groups is 1. The van der Waals surface area contributed by atoms with E-state index in [1.807, 2.05) is 24.4 Å². The fourth-order valence-corrected chi connectivity index (χ4v) is 2.42. The van der Waals surface area contributed by atoms with Gasteiger partial charge in [-0.05, 0) is 42.3 Å². The van der Waals surface area contributed by atoms with E-state index in [1.54, 1.807) is 6.07 Å². The van der Waals surface area contributed by atoms with Crippen LogP contribution < -0.4 is 5.32 Å². The second-order valence-electron chi connectivity index (χ2n) is 4.96. The van der Waals surface area contributed by atoms with Crippen molar-refractivity contribution in [3.63, 3.8) is 0 Å². The fraction of sp³-hybridized carbons (Fsp3) is 0.176. The Kier molecular flexibility index (Phi) is 3.70. The molecule has 0 aliphatic rings. The van der Waals surface area contributed by atoms with Crippen molar-refractivity contribution in [3.8, 4) is 5.75 Å². The summed E-state index contributed by atoms with van der Waals surface area (Å²) in [7, 11) is 0. The molecule has 3 nitrogen and oxygen atoms in total. The topological polar surface area (TPSA) is 48.0 Å². The molecule has 3 heteroatoms. The smallest absolute Gasteiger partial charge is 0.116 e. The van der Waals surface area contributed by atoms with E-state index in [2.05, 4.69) is 34.6 Å². The van der Waals surface area contributed by atoms with Gasteiger partial charge in [0.2, 0.25) is 0 Å². The van der Waals surface area contributed by atoms with Crippen LogP contribution in [-0.4, -0.2) is 16.6 Å². The number of fused-ring (bicyclic) bond motifs is 1. The lowest BCUT2D eigenvalue weighted by Gasteiger charge is -2.04. The van der Waals surface area contributed by atoms with E-state index in [4.69, 9.17) is 0 Å². The monoisotopic (exact) mass is 266 g/mol. The zero-order chi connectivity index (χ0) is 13.8. The van der Waals surface area contributed by atoms with Crippen molar-refractivity contribution in [2.75, 3.05) is 6.54 Å². The SMILES string of the molecule is Oc1ccc2[nH]cc(CCNCc3ccccc3)c2c1. The average Bonchev–Trinajstić information content (AvgIpc) is 2.87. The third-order valence-electron chi connectivity index (χ3n) is 3.49. The number of nitrogens with one attached hydrogen (secondary N) is 2. The molecule has 0 aliphatic carbocycles. The van der Waals surface area contributed by atoms with Crippen LogP contribution in [0.4, 0.5) is 0 Å². The summed E-state index contributed by atoms with van der Waals surface area (Å²) < 4.78 is 0. The van der Waals surface area contributed by atoms with E-state index >= 15 is 0 Å². The van der Waals surface area contributed by atoms with Crippen molar-refractivity contribution < 1.29 is 5.11 Å². The van der Waals surface area contributed by atoms with Crippen LogP contribution >= 0.6 is 0 Å². The number of aromatic amines is 1. The molecule has 0 saturated heterocycles. The molecule has 0 atom stereocenters. The Labute approximate surface area is 118 Å². The second-order valence-corrected chi connectivity index (χ2v) is 4.96. The molecule has 0 amide bonds. The van der Waals surface area contributed by atoms with E-state index in [-0.39, 0.29) is 0 Å². The summed E-state index contributed by atoms with van der Waals surface area (Å²) >= 11 is 0. The number of phenols is 1. The lowest BCUT2D eigenvalue weighted by Crippen LogP contribution is -2.16. The normalized spacial score (nSPS) is 11.0. The zero-order valence-electron chi connectivity index (χ0n) is 11.3. The van der Waals surface area contributed by atoms with E-state index < -0.39 is 0 Å². The molecule has 1 heterocycles. The molecule has 1 aromatic heterocycles. The van der Waals surface area contributed by atoms with Gasteiger partial charge < -0.3 is 15.4 Å². The molecule has 0 aliphatic heterocycles. The highest BCUT2D eigenvalue weighted by atomic mass is 16.3. The molecule has 102 valence electrons. The Hall–Kier alpha value is -2.26. The Bertz CT molecular complexity index is 689.